The number of hydrogen-bond donors (Lipinski definition) is 0. The molecule has 1 heterocycles. The Morgan fingerprint density at radius 2 is 1.85 bits per heavy atom. The summed E-state index contributed by atoms with van der Waals surface area (Å²) in [5.74, 6) is -0.490. The van der Waals surface area contributed by atoms with Crippen molar-refractivity contribution >= 4 is 40.8 Å². The summed E-state index contributed by atoms with van der Waals surface area (Å²) in [6.45, 7) is 3.80. The van der Waals surface area contributed by atoms with Gasteiger partial charge in [0.05, 0.1) is 16.7 Å². The maximum Gasteiger partial charge on any atom is 0.358 e. The van der Waals surface area contributed by atoms with Crippen LogP contribution in [0.4, 0.5) is 0 Å². The van der Waals surface area contributed by atoms with Crippen LogP contribution in [0.3, 0.4) is 0 Å². The number of halogens is 3. The van der Waals surface area contributed by atoms with Gasteiger partial charge in [-0.15, -0.1) is 0 Å². The Kier molecular flexibility index (Phi) is 4.58. The van der Waals surface area contributed by atoms with Gasteiger partial charge in [-0.25, -0.2) is 9.48 Å². The van der Waals surface area contributed by atoms with Crippen molar-refractivity contribution < 1.29 is 9.53 Å². The second-order valence-corrected chi connectivity index (χ2v) is 5.27. The van der Waals surface area contributed by atoms with Gasteiger partial charge >= 0.3 is 5.97 Å². The lowest BCUT2D eigenvalue weighted by molar-refractivity contribution is 0.0519. The number of ether oxygens (including phenoxy) is 1. The molecule has 106 valence electrons. The molecule has 0 radical (unpaired) electrons. The van der Waals surface area contributed by atoms with E-state index in [0.29, 0.717) is 26.4 Å². The lowest BCUT2D eigenvalue weighted by Gasteiger charge is -2.09. The van der Waals surface area contributed by atoms with Crippen LogP contribution in [0.1, 0.15) is 23.1 Å². The van der Waals surface area contributed by atoms with Gasteiger partial charge in [-0.1, -0.05) is 34.8 Å². The Bertz CT molecular complexity index is 645. The number of hydrogen-bond acceptors (Lipinski definition) is 3. The van der Waals surface area contributed by atoms with Gasteiger partial charge < -0.3 is 4.74 Å². The third kappa shape index (κ3) is 2.92. The van der Waals surface area contributed by atoms with Gasteiger partial charge in [-0.2, -0.15) is 5.10 Å². The molecule has 1 aromatic carbocycles. The summed E-state index contributed by atoms with van der Waals surface area (Å²) in [4.78, 5) is 11.7. The number of benzene rings is 1. The number of carbonyl (C=O) groups is 1. The Hall–Kier alpha value is -1.23. The van der Waals surface area contributed by atoms with Gasteiger partial charge in [-0.05, 0) is 32.0 Å². The van der Waals surface area contributed by atoms with Crippen LogP contribution in [0.2, 0.25) is 15.1 Å². The van der Waals surface area contributed by atoms with E-state index in [0.717, 1.165) is 0 Å². The van der Waals surface area contributed by atoms with Crippen LogP contribution in [0.5, 0.6) is 0 Å². The van der Waals surface area contributed by atoms with Crippen molar-refractivity contribution in [3.63, 3.8) is 0 Å². The predicted octanol–water partition coefficient (Wildman–Crippen LogP) is 4.32. The largest absolute Gasteiger partial charge is 0.461 e. The first-order valence-corrected chi connectivity index (χ1v) is 6.96. The summed E-state index contributed by atoms with van der Waals surface area (Å²) in [7, 11) is 0. The Morgan fingerprint density at radius 1 is 1.25 bits per heavy atom. The molecule has 1 aromatic heterocycles. The van der Waals surface area contributed by atoms with Crippen molar-refractivity contribution in [2.24, 2.45) is 0 Å². The van der Waals surface area contributed by atoms with Crippen LogP contribution >= 0.6 is 34.8 Å². The van der Waals surface area contributed by atoms with E-state index >= 15 is 0 Å². The van der Waals surface area contributed by atoms with E-state index in [1.165, 1.54) is 4.68 Å². The number of rotatable bonds is 3. The highest BCUT2D eigenvalue weighted by molar-refractivity contribution is 6.40. The molecule has 0 aliphatic carbocycles. The molecular formula is C13H11Cl3N2O2. The van der Waals surface area contributed by atoms with Gasteiger partial charge in [0.25, 0.3) is 0 Å². The Morgan fingerprint density at radius 3 is 2.40 bits per heavy atom. The average molecular weight is 334 g/mol. The minimum Gasteiger partial charge on any atom is -0.461 e. The van der Waals surface area contributed by atoms with Gasteiger partial charge in [0, 0.05) is 10.7 Å². The number of carbonyl (C=O) groups excluding carboxylic acids is 1. The monoisotopic (exact) mass is 332 g/mol. The molecule has 0 fully saturated rings. The summed E-state index contributed by atoms with van der Waals surface area (Å²) in [5, 5.41) is 5.31. The second-order valence-electron chi connectivity index (χ2n) is 4.02. The zero-order valence-corrected chi connectivity index (χ0v) is 13.1. The predicted molar refractivity (Wildman–Crippen MR) is 79.3 cm³/mol. The SMILES string of the molecule is CCOC(=O)c1cc(C)n(-c2c(Cl)cc(Cl)cc2Cl)n1. The van der Waals surface area contributed by atoms with Crippen molar-refractivity contribution in [2.75, 3.05) is 6.61 Å². The fourth-order valence-electron chi connectivity index (χ4n) is 1.74. The Balaban J connectivity index is 2.52. The molecule has 20 heavy (non-hydrogen) atoms. The molecule has 0 atom stereocenters. The summed E-state index contributed by atoms with van der Waals surface area (Å²) in [5.41, 5.74) is 1.39. The van der Waals surface area contributed by atoms with Crippen LogP contribution in [0.15, 0.2) is 18.2 Å². The van der Waals surface area contributed by atoms with Crippen molar-refractivity contribution in [3.05, 3.63) is 44.7 Å². The maximum absolute atomic E-state index is 11.7. The molecule has 0 saturated heterocycles. The van der Waals surface area contributed by atoms with Crippen LogP contribution in [-0.2, 0) is 4.74 Å². The van der Waals surface area contributed by atoms with Gasteiger partial charge in [-0.3, -0.25) is 0 Å². The van der Waals surface area contributed by atoms with Gasteiger partial charge in [0.15, 0.2) is 5.69 Å². The highest BCUT2D eigenvalue weighted by Gasteiger charge is 2.18. The topological polar surface area (TPSA) is 44.1 Å². The fraction of sp³-hybridized carbons (Fsp3) is 0.231. The van der Waals surface area contributed by atoms with E-state index in [4.69, 9.17) is 39.5 Å². The number of esters is 1. The van der Waals surface area contributed by atoms with E-state index in [1.807, 2.05) is 0 Å². The maximum atomic E-state index is 11.7. The molecule has 0 aliphatic rings. The zero-order valence-electron chi connectivity index (χ0n) is 10.8. The summed E-state index contributed by atoms with van der Waals surface area (Å²) >= 11 is 18.2. The molecule has 2 rings (SSSR count). The third-order valence-corrected chi connectivity index (χ3v) is 3.36. The fourth-order valence-corrected chi connectivity index (χ4v) is 2.72. The molecule has 0 spiro atoms. The molecule has 2 aromatic rings. The van der Waals surface area contributed by atoms with Gasteiger partial charge in [0.2, 0.25) is 0 Å². The normalized spacial score (nSPS) is 10.7. The quantitative estimate of drug-likeness (QED) is 0.786. The Labute approximate surface area is 131 Å². The van der Waals surface area contributed by atoms with E-state index in [1.54, 1.807) is 32.0 Å². The summed E-state index contributed by atoms with van der Waals surface area (Å²) in [6, 6.07) is 4.74. The highest BCUT2D eigenvalue weighted by atomic mass is 35.5. The third-order valence-electron chi connectivity index (χ3n) is 2.57. The average Bonchev–Trinajstić information content (AvgIpc) is 2.71. The first kappa shape index (κ1) is 15.2. The first-order chi connectivity index (χ1) is 9.43. The molecule has 0 saturated carbocycles. The smallest absolute Gasteiger partial charge is 0.358 e. The minimum absolute atomic E-state index is 0.200. The molecule has 0 bridgehead atoms. The molecule has 0 amide bonds. The van der Waals surface area contributed by atoms with Crippen LogP contribution < -0.4 is 0 Å². The summed E-state index contributed by atoms with van der Waals surface area (Å²) in [6.07, 6.45) is 0. The van der Waals surface area contributed by atoms with Crippen molar-refractivity contribution in [1.82, 2.24) is 9.78 Å². The zero-order chi connectivity index (χ0) is 14.9. The number of aryl methyl sites for hydroxylation is 1. The first-order valence-electron chi connectivity index (χ1n) is 5.82. The lowest BCUT2D eigenvalue weighted by atomic mass is 10.3. The molecule has 0 N–H and O–H groups in total. The summed E-state index contributed by atoms with van der Waals surface area (Å²) < 4.78 is 6.40. The molecule has 0 unspecified atom stereocenters. The molecule has 7 heteroatoms. The number of nitrogens with zero attached hydrogens (tertiary/aromatic N) is 2. The van der Waals surface area contributed by atoms with E-state index in [-0.39, 0.29) is 12.3 Å². The van der Waals surface area contributed by atoms with Crippen LogP contribution in [0.25, 0.3) is 5.69 Å². The van der Waals surface area contributed by atoms with Crippen molar-refractivity contribution in [3.8, 4) is 5.69 Å². The van der Waals surface area contributed by atoms with E-state index < -0.39 is 5.97 Å². The molecular weight excluding hydrogens is 323 g/mol. The van der Waals surface area contributed by atoms with Crippen molar-refractivity contribution in [1.29, 1.82) is 0 Å². The minimum atomic E-state index is -0.490. The standard InChI is InChI=1S/C13H11Cl3N2O2/c1-3-20-13(19)11-4-7(2)18(17-11)12-9(15)5-8(14)6-10(12)16/h4-6H,3H2,1-2H3. The highest BCUT2D eigenvalue weighted by Crippen LogP contribution is 2.32. The molecule has 4 nitrogen and oxygen atoms in total. The lowest BCUT2D eigenvalue weighted by Crippen LogP contribution is -2.07. The molecule has 0 aliphatic heterocycles. The second kappa shape index (κ2) is 6.04. The van der Waals surface area contributed by atoms with Crippen LogP contribution in [0, 0.1) is 6.92 Å². The number of aromatic nitrogens is 2. The van der Waals surface area contributed by atoms with E-state index in [2.05, 4.69) is 5.10 Å². The van der Waals surface area contributed by atoms with Crippen molar-refractivity contribution in [2.45, 2.75) is 13.8 Å². The van der Waals surface area contributed by atoms with Crippen LogP contribution in [-0.4, -0.2) is 22.4 Å². The van der Waals surface area contributed by atoms with Gasteiger partial charge in [0.1, 0.15) is 5.69 Å². The van der Waals surface area contributed by atoms with E-state index in [9.17, 15) is 4.79 Å².